The van der Waals surface area contributed by atoms with E-state index in [4.69, 9.17) is 5.26 Å². The molecule has 0 bridgehead atoms. The molecule has 1 aliphatic heterocycles. The predicted molar refractivity (Wildman–Crippen MR) is 64.9 cm³/mol. The number of nitriles is 2. The first-order valence-corrected chi connectivity index (χ1v) is 6.09. The molecular weight excluding hydrogens is 229 g/mol. The van der Waals surface area contributed by atoms with Crippen LogP contribution in [0.25, 0.3) is 0 Å². The van der Waals surface area contributed by atoms with E-state index in [9.17, 15) is 9.65 Å². The lowest BCUT2D eigenvalue weighted by Crippen LogP contribution is -2.33. The Bertz CT molecular complexity index is 507. The van der Waals surface area contributed by atoms with Crippen LogP contribution in [0.1, 0.15) is 36.4 Å². The first-order chi connectivity index (χ1) is 8.76. The van der Waals surface area contributed by atoms with Gasteiger partial charge in [-0.15, -0.1) is 0 Å². The molecule has 1 aromatic carbocycles. The van der Waals surface area contributed by atoms with E-state index in [1.165, 1.54) is 18.6 Å². The highest BCUT2D eigenvalue weighted by atomic mass is 19.1. The number of hydrogen-bond donors (Lipinski definition) is 0. The van der Waals surface area contributed by atoms with Crippen LogP contribution in [-0.2, 0) is 0 Å². The standard InChI is InChI=1S/C14H14FN3/c15-13-5-4-11(8-12(13)9-16)14(10-17)18-6-2-1-3-7-18/h4-5,8,14H,1-3,6-7H2. The van der Waals surface area contributed by atoms with Crippen molar-refractivity contribution in [1.29, 1.82) is 10.5 Å². The van der Waals surface area contributed by atoms with Crippen LogP contribution in [0.3, 0.4) is 0 Å². The molecule has 2 rings (SSSR count). The molecule has 1 fully saturated rings. The van der Waals surface area contributed by atoms with E-state index >= 15 is 0 Å². The number of halogens is 1. The Hall–Kier alpha value is -1.91. The minimum Gasteiger partial charge on any atom is -0.284 e. The molecule has 18 heavy (non-hydrogen) atoms. The normalized spacial score (nSPS) is 17.7. The van der Waals surface area contributed by atoms with Gasteiger partial charge in [-0.2, -0.15) is 10.5 Å². The van der Waals surface area contributed by atoms with E-state index < -0.39 is 5.82 Å². The Balaban J connectivity index is 2.28. The monoisotopic (exact) mass is 243 g/mol. The molecule has 0 aromatic heterocycles. The summed E-state index contributed by atoms with van der Waals surface area (Å²) in [4.78, 5) is 2.10. The van der Waals surface area contributed by atoms with Gasteiger partial charge in [-0.1, -0.05) is 12.5 Å². The van der Waals surface area contributed by atoms with Crippen molar-refractivity contribution in [1.82, 2.24) is 4.90 Å². The van der Waals surface area contributed by atoms with Crippen LogP contribution in [0.5, 0.6) is 0 Å². The van der Waals surface area contributed by atoms with Gasteiger partial charge in [0.2, 0.25) is 0 Å². The Kier molecular flexibility index (Phi) is 3.92. The molecule has 1 atom stereocenters. The summed E-state index contributed by atoms with van der Waals surface area (Å²) >= 11 is 0. The Morgan fingerprint density at radius 2 is 1.89 bits per heavy atom. The van der Waals surface area contributed by atoms with Crippen LogP contribution in [-0.4, -0.2) is 18.0 Å². The van der Waals surface area contributed by atoms with Crippen LogP contribution in [0.15, 0.2) is 18.2 Å². The van der Waals surface area contributed by atoms with E-state index in [1.807, 2.05) is 6.07 Å². The summed E-state index contributed by atoms with van der Waals surface area (Å²) in [6, 6.07) is 8.04. The summed E-state index contributed by atoms with van der Waals surface area (Å²) in [6.07, 6.45) is 3.37. The van der Waals surface area contributed by atoms with Crippen molar-refractivity contribution in [2.24, 2.45) is 0 Å². The van der Waals surface area contributed by atoms with Gasteiger partial charge in [0.25, 0.3) is 0 Å². The molecule has 0 radical (unpaired) electrons. The second-order valence-electron chi connectivity index (χ2n) is 4.48. The zero-order chi connectivity index (χ0) is 13.0. The molecule has 1 aromatic rings. The lowest BCUT2D eigenvalue weighted by atomic mass is 10.0. The van der Waals surface area contributed by atoms with Crippen LogP contribution in [0.2, 0.25) is 0 Å². The quantitative estimate of drug-likeness (QED) is 0.802. The Morgan fingerprint density at radius 3 is 2.50 bits per heavy atom. The SMILES string of the molecule is N#Cc1cc(C(C#N)N2CCCCC2)ccc1F. The molecule has 1 saturated heterocycles. The first-order valence-electron chi connectivity index (χ1n) is 6.09. The van der Waals surface area contributed by atoms with Crippen LogP contribution in [0.4, 0.5) is 4.39 Å². The summed E-state index contributed by atoms with van der Waals surface area (Å²) in [6.45, 7) is 1.77. The fraction of sp³-hybridized carbons (Fsp3) is 0.429. The molecular formula is C14H14FN3. The predicted octanol–water partition coefficient (Wildman–Crippen LogP) is 2.75. The van der Waals surface area contributed by atoms with Crippen LogP contribution in [0, 0.1) is 28.5 Å². The van der Waals surface area contributed by atoms with Gasteiger partial charge < -0.3 is 0 Å². The van der Waals surface area contributed by atoms with E-state index in [0.717, 1.165) is 25.9 Å². The van der Waals surface area contributed by atoms with Gasteiger partial charge in [-0.3, -0.25) is 4.90 Å². The molecule has 0 aliphatic carbocycles. The van der Waals surface area contributed by atoms with Crippen molar-refractivity contribution >= 4 is 0 Å². The summed E-state index contributed by atoms with van der Waals surface area (Å²) < 4.78 is 13.3. The maximum absolute atomic E-state index is 13.3. The fourth-order valence-corrected chi connectivity index (χ4v) is 2.34. The van der Waals surface area contributed by atoms with E-state index in [2.05, 4.69) is 11.0 Å². The average Bonchev–Trinajstić information content (AvgIpc) is 2.42. The highest BCUT2D eigenvalue weighted by molar-refractivity contribution is 5.37. The third kappa shape index (κ3) is 2.50. The number of rotatable bonds is 2. The molecule has 4 heteroatoms. The number of nitrogens with zero attached hydrogens (tertiary/aromatic N) is 3. The van der Waals surface area contributed by atoms with Gasteiger partial charge in [-0.25, -0.2) is 4.39 Å². The van der Waals surface area contributed by atoms with Gasteiger partial charge >= 0.3 is 0 Å². The summed E-state index contributed by atoms with van der Waals surface area (Å²) in [7, 11) is 0. The zero-order valence-electron chi connectivity index (χ0n) is 10.1. The highest BCUT2D eigenvalue weighted by Gasteiger charge is 2.22. The molecule has 0 saturated carbocycles. The van der Waals surface area contributed by atoms with Gasteiger partial charge in [0.05, 0.1) is 11.6 Å². The maximum atomic E-state index is 13.3. The summed E-state index contributed by atoms with van der Waals surface area (Å²) in [5.74, 6) is -0.531. The second-order valence-corrected chi connectivity index (χ2v) is 4.48. The largest absolute Gasteiger partial charge is 0.284 e. The lowest BCUT2D eigenvalue weighted by Gasteiger charge is -2.30. The topological polar surface area (TPSA) is 50.8 Å². The van der Waals surface area contributed by atoms with Gasteiger partial charge in [0.1, 0.15) is 17.9 Å². The highest BCUT2D eigenvalue weighted by Crippen LogP contribution is 2.25. The molecule has 3 nitrogen and oxygen atoms in total. The lowest BCUT2D eigenvalue weighted by molar-refractivity contribution is 0.196. The Morgan fingerprint density at radius 1 is 1.17 bits per heavy atom. The summed E-state index contributed by atoms with van der Waals surface area (Å²) in [5, 5.41) is 18.1. The number of benzene rings is 1. The van der Waals surface area contributed by atoms with Crippen molar-refractivity contribution in [3.63, 3.8) is 0 Å². The van der Waals surface area contributed by atoms with E-state index in [-0.39, 0.29) is 11.6 Å². The summed E-state index contributed by atoms with van der Waals surface area (Å²) in [5.41, 5.74) is 0.710. The third-order valence-electron chi connectivity index (χ3n) is 3.30. The van der Waals surface area contributed by atoms with Crippen molar-refractivity contribution in [3.05, 3.63) is 35.1 Å². The van der Waals surface area contributed by atoms with Gasteiger partial charge in [0, 0.05) is 0 Å². The van der Waals surface area contributed by atoms with Crippen LogP contribution >= 0.6 is 0 Å². The molecule has 1 aliphatic rings. The van der Waals surface area contributed by atoms with Crippen molar-refractivity contribution in [3.8, 4) is 12.1 Å². The molecule has 0 amide bonds. The molecule has 1 heterocycles. The zero-order valence-corrected chi connectivity index (χ0v) is 10.1. The van der Waals surface area contributed by atoms with Crippen LogP contribution < -0.4 is 0 Å². The van der Waals surface area contributed by atoms with Gasteiger partial charge in [0.15, 0.2) is 0 Å². The van der Waals surface area contributed by atoms with Crippen molar-refractivity contribution in [2.75, 3.05) is 13.1 Å². The second kappa shape index (κ2) is 5.62. The van der Waals surface area contributed by atoms with Gasteiger partial charge in [-0.05, 0) is 43.6 Å². The van der Waals surface area contributed by atoms with E-state index in [0.29, 0.717) is 5.56 Å². The number of likely N-dealkylation sites (tertiary alicyclic amines) is 1. The average molecular weight is 243 g/mol. The fourth-order valence-electron chi connectivity index (χ4n) is 2.34. The maximum Gasteiger partial charge on any atom is 0.140 e. The Labute approximate surface area is 106 Å². The van der Waals surface area contributed by atoms with E-state index in [1.54, 1.807) is 6.07 Å². The first kappa shape index (κ1) is 12.5. The number of hydrogen-bond acceptors (Lipinski definition) is 3. The van der Waals surface area contributed by atoms with Crippen molar-refractivity contribution in [2.45, 2.75) is 25.3 Å². The smallest absolute Gasteiger partial charge is 0.140 e. The molecule has 0 N–H and O–H groups in total. The molecule has 92 valence electrons. The van der Waals surface area contributed by atoms with Crippen molar-refractivity contribution < 1.29 is 4.39 Å². The minimum absolute atomic E-state index is 0.00441. The molecule has 0 spiro atoms. The number of piperidine rings is 1. The third-order valence-corrected chi connectivity index (χ3v) is 3.30. The molecule has 1 unspecified atom stereocenters. The minimum atomic E-state index is -0.531.